The Morgan fingerprint density at radius 2 is 2.00 bits per heavy atom. The summed E-state index contributed by atoms with van der Waals surface area (Å²) in [5.74, 6) is 0. The fraction of sp³-hybridized carbons (Fsp3) is 0.200. The van der Waals surface area contributed by atoms with Crippen LogP contribution in [0.4, 0.5) is 4.39 Å². The van der Waals surface area contributed by atoms with Crippen molar-refractivity contribution in [3.8, 4) is 0 Å². The topological polar surface area (TPSA) is 20.2 Å². The molecule has 0 radical (unpaired) electrons. The van der Waals surface area contributed by atoms with E-state index in [1.165, 1.54) is 0 Å². The Bertz CT molecular complexity index is 254. The maximum Gasteiger partial charge on any atom is 0.0885 e. The first-order valence-electron chi connectivity index (χ1n) is 3.79. The summed E-state index contributed by atoms with van der Waals surface area (Å²) in [7, 11) is 0. The summed E-state index contributed by atoms with van der Waals surface area (Å²) in [6, 6.07) is 9.49. The summed E-state index contributed by atoms with van der Waals surface area (Å²) in [5.41, 5.74) is 1.41. The normalized spacial score (nSPS) is 11.7. The monoisotopic (exact) mass is 166 g/mol. The number of hydrogen-bond donors (Lipinski definition) is 1. The number of aliphatic hydroxyl groups excluding tert-OH is 1. The molecule has 1 rings (SSSR count). The molecule has 0 unspecified atom stereocenters. The zero-order valence-corrected chi connectivity index (χ0v) is 6.70. The van der Waals surface area contributed by atoms with Crippen molar-refractivity contribution < 1.29 is 9.50 Å². The van der Waals surface area contributed by atoms with Crippen LogP contribution in [-0.2, 0) is 6.42 Å². The summed E-state index contributed by atoms with van der Waals surface area (Å²) in [5, 5.41) is 8.68. The van der Waals surface area contributed by atoms with Crippen LogP contribution in [0.15, 0.2) is 42.2 Å². The molecule has 0 saturated heterocycles. The van der Waals surface area contributed by atoms with E-state index in [4.69, 9.17) is 5.11 Å². The van der Waals surface area contributed by atoms with Crippen LogP contribution in [-0.4, -0.2) is 11.7 Å². The lowest BCUT2D eigenvalue weighted by Crippen LogP contribution is -1.94. The second-order valence-corrected chi connectivity index (χ2v) is 2.59. The summed E-state index contributed by atoms with van der Waals surface area (Å²) in [4.78, 5) is 0. The molecule has 1 aromatic rings. The van der Waals surface area contributed by atoms with Crippen molar-refractivity contribution >= 4 is 0 Å². The molecule has 0 aliphatic carbocycles. The van der Waals surface area contributed by atoms with Gasteiger partial charge in [0.25, 0.3) is 0 Å². The second-order valence-electron chi connectivity index (χ2n) is 2.59. The molecule has 0 heterocycles. The lowest BCUT2D eigenvalue weighted by atomic mass is 10.1. The van der Waals surface area contributed by atoms with Crippen LogP contribution in [0.2, 0.25) is 0 Å². The van der Waals surface area contributed by atoms with Crippen molar-refractivity contribution in [1.82, 2.24) is 0 Å². The molecule has 0 aromatic heterocycles. The van der Waals surface area contributed by atoms with Crippen LogP contribution in [0.1, 0.15) is 5.56 Å². The van der Waals surface area contributed by atoms with E-state index in [2.05, 4.69) is 0 Å². The van der Waals surface area contributed by atoms with Gasteiger partial charge in [-0.3, -0.25) is 0 Å². The van der Waals surface area contributed by atoms with Gasteiger partial charge in [0.1, 0.15) is 0 Å². The molecule has 0 aliphatic rings. The minimum atomic E-state index is -0.217. The smallest absolute Gasteiger partial charge is 0.0885 e. The predicted molar refractivity (Wildman–Crippen MR) is 46.4 cm³/mol. The van der Waals surface area contributed by atoms with Gasteiger partial charge in [-0.15, -0.1) is 0 Å². The molecule has 0 aliphatic heterocycles. The first-order chi connectivity index (χ1) is 5.86. The van der Waals surface area contributed by atoms with Gasteiger partial charge in [0.2, 0.25) is 0 Å². The second kappa shape index (κ2) is 4.67. The number of halogens is 1. The molecule has 2 heteroatoms. The molecule has 0 amide bonds. The fourth-order valence-corrected chi connectivity index (χ4v) is 0.987. The third kappa shape index (κ3) is 2.47. The van der Waals surface area contributed by atoms with Gasteiger partial charge >= 0.3 is 0 Å². The standard InChI is InChI=1S/C10H11FO/c11-7-10(8-12)6-9-4-2-1-3-5-9/h1-5,7,12H,6,8H2/b10-7+. The molecule has 0 spiro atoms. The van der Waals surface area contributed by atoms with E-state index in [1.54, 1.807) is 0 Å². The Labute approximate surface area is 71.2 Å². The van der Waals surface area contributed by atoms with Gasteiger partial charge in [0.05, 0.1) is 12.9 Å². The van der Waals surface area contributed by atoms with Crippen molar-refractivity contribution in [3.63, 3.8) is 0 Å². The minimum Gasteiger partial charge on any atom is -0.392 e. The van der Waals surface area contributed by atoms with Gasteiger partial charge in [-0.1, -0.05) is 30.3 Å². The average molecular weight is 166 g/mol. The maximum atomic E-state index is 12.0. The van der Waals surface area contributed by atoms with E-state index < -0.39 is 0 Å². The summed E-state index contributed by atoms with van der Waals surface area (Å²) in [6.45, 7) is -0.217. The van der Waals surface area contributed by atoms with E-state index in [9.17, 15) is 4.39 Å². The van der Waals surface area contributed by atoms with Crippen LogP contribution in [0.3, 0.4) is 0 Å². The van der Waals surface area contributed by atoms with Crippen LogP contribution >= 0.6 is 0 Å². The van der Waals surface area contributed by atoms with Gasteiger partial charge < -0.3 is 5.11 Å². The number of aliphatic hydroxyl groups is 1. The lowest BCUT2D eigenvalue weighted by molar-refractivity contribution is 0.325. The third-order valence-corrected chi connectivity index (χ3v) is 1.63. The van der Waals surface area contributed by atoms with Crippen LogP contribution in [0.5, 0.6) is 0 Å². The van der Waals surface area contributed by atoms with Crippen LogP contribution in [0.25, 0.3) is 0 Å². The largest absolute Gasteiger partial charge is 0.392 e. The van der Waals surface area contributed by atoms with Gasteiger partial charge in [0, 0.05) is 0 Å². The highest BCUT2D eigenvalue weighted by Crippen LogP contribution is 2.06. The number of rotatable bonds is 3. The molecule has 12 heavy (non-hydrogen) atoms. The van der Waals surface area contributed by atoms with Crippen molar-refractivity contribution in [2.75, 3.05) is 6.61 Å². The van der Waals surface area contributed by atoms with E-state index in [0.29, 0.717) is 18.3 Å². The lowest BCUT2D eigenvalue weighted by Gasteiger charge is -2.00. The molecular weight excluding hydrogens is 155 g/mol. The highest BCUT2D eigenvalue weighted by molar-refractivity contribution is 5.21. The number of benzene rings is 1. The van der Waals surface area contributed by atoms with Crippen molar-refractivity contribution in [2.24, 2.45) is 0 Å². The minimum absolute atomic E-state index is 0.217. The zero-order chi connectivity index (χ0) is 8.81. The first-order valence-corrected chi connectivity index (χ1v) is 3.79. The average Bonchev–Trinajstić information content (AvgIpc) is 2.16. The van der Waals surface area contributed by atoms with Crippen LogP contribution < -0.4 is 0 Å². The van der Waals surface area contributed by atoms with Crippen molar-refractivity contribution in [1.29, 1.82) is 0 Å². The molecule has 1 aromatic carbocycles. The number of hydrogen-bond acceptors (Lipinski definition) is 1. The molecule has 64 valence electrons. The van der Waals surface area contributed by atoms with Gasteiger partial charge in [-0.25, -0.2) is 4.39 Å². The van der Waals surface area contributed by atoms with Gasteiger partial charge in [-0.2, -0.15) is 0 Å². The van der Waals surface area contributed by atoms with Gasteiger partial charge in [0.15, 0.2) is 0 Å². The molecule has 0 saturated carbocycles. The summed E-state index contributed by atoms with van der Waals surface area (Å²) < 4.78 is 12.0. The Kier molecular flexibility index (Phi) is 3.48. The van der Waals surface area contributed by atoms with Crippen LogP contribution in [0, 0.1) is 0 Å². The Balaban J connectivity index is 2.64. The molecule has 0 bridgehead atoms. The summed E-state index contributed by atoms with van der Waals surface area (Å²) in [6.07, 6.45) is 0.945. The van der Waals surface area contributed by atoms with E-state index >= 15 is 0 Å². The molecule has 1 nitrogen and oxygen atoms in total. The first kappa shape index (κ1) is 8.94. The zero-order valence-electron chi connectivity index (χ0n) is 6.70. The molecule has 0 atom stereocenters. The summed E-state index contributed by atoms with van der Waals surface area (Å²) >= 11 is 0. The fourth-order valence-electron chi connectivity index (χ4n) is 0.987. The van der Waals surface area contributed by atoms with Crippen molar-refractivity contribution in [3.05, 3.63) is 47.8 Å². The van der Waals surface area contributed by atoms with E-state index in [0.717, 1.165) is 5.56 Å². The van der Waals surface area contributed by atoms with E-state index in [1.807, 2.05) is 30.3 Å². The van der Waals surface area contributed by atoms with Crippen molar-refractivity contribution in [2.45, 2.75) is 6.42 Å². The molecule has 0 fully saturated rings. The quantitative estimate of drug-likeness (QED) is 0.728. The SMILES string of the molecule is OC/C(=C/F)Cc1ccccc1. The van der Waals surface area contributed by atoms with E-state index in [-0.39, 0.29) is 6.61 Å². The highest BCUT2D eigenvalue weighted by atomic mass is 19.1. The predicted octanol–water partition coefficient (Wildman–Crippen LogP) is 2.07. The molecular formula is C10H11FO. The van der Waals surface area contributed by atoms with Gasteiger partial charge in [-0.05, 0) is 17.6 Å². The highest BCUT2D eigenvalue weighted by Gasteiger charge is 1.96. The Morgan fingerprint density at radius 3 is 2.50 bits per heavy atom. The molecule has 1 N–H and O–H groups in total. The Hall–Kier alpha value is -1.15. The Morgan fingerprint density at radius 1 is 1.33 bits per heavy atom. The third-order valence-electron chi connectivity index (χ3n) is 1.63. The maximum absolute atomic E-state index is 12.0.